The molecular formula is C16H22F2N2O. The van der Waals surface area contributed by atoms with E-state index in [1.54, 1.807) is 6.92 Å². The van der Waals surface area contributed by atoms with Crippen molar-refractivity contribution in [1.29, 1.82) is 0 Å². The Morgan fingerprint density at radius 2 is 2.10 bits per heavy atom. The third-order valence-electron chi connectivity index (χ3n) is 4.43. The van der Waals surface area contributed by atoms with Crippen LogP contribution >= 0.6 is 0 Å². The number of hydrogen-bond donors (Lipinski definition) is 2. The SMILES string of the molecule is Cc1ccc(F)c(NC(=O)C(C)(C)C2CCCNC2)c1F. The Kier molecular flexibility index (Phi) is 4.61. The summed E-state index contributed by atoms with van der Waals surface area (Å²) in [4.78, 5) is 12.5. The largest absolute Gasteiger partial charge is 0.321 e. The van der Waals surface area contributed by atoms with Crippen molar-refractivity contribution in [2.75, 3.05) is 18.4 Å². The van der Waals surface area contributed by atoms with Crippen LogP contribution in [-0.4, -0.2) is 19.0 Å². The minimum Gasteiger partial charge on any atom is -0.321 e. The van der Waals surface area contributed by atoms with Crippen molar-refractivity contribution in [2.45, 2.75) is 33.6 Å². The third kappa shape index (κ3) is 3.23. The van der Waals surface area contributed by atoms with Crippen LogP contribution in [0.5, 0.6) is 0 Å². The molecule has 1 atom stereocenters. The molecule has 116 valence electrons. The topological polar surface area (TPSA) is 41.1 Å². The number of nitrogens with one attached hydrogen (secondary N) is 2. The summed E-state index contributed by atoms with van der Waals surface area (Å²) in [6.45, 7) is 6.90. The van der Waals surface area contributed by atoms with Crippen LogP contribution in [0.25, 0.3) is 0 Å². The number of carbonyl (C=O) groups is 1. The summed E-state index contributed by atoms with van der Waals surface area (Å²) in [5.41, 5.74) is -0.726. The molecule has 1 heterocycles. The van der Waals surface area contributed by atoms with Gasteiger partial charge in [0, 0.05) is 5.41 Å². The molecule has 21 heavy (non-hydrogen) atoms. The molecule has 0 radical (unpaired) electrons. The van der Waals surface area contributed by atoms with Crippen molar-refractivity contribution in [3.63, 3.8) is 0 Å². The highest BCUT2D eigenvalue weighted by molar-refractivity contribution is 5.95. The number of carbonyl (C=O) groups excluding carboxylic acids is 1. The van der Waals surface area contributed by atoms with Crippen LogP contribution in [0.4, 0.5) is 14.5 Å². The van der Waals surface area contributed by atoms with E-state index in [0.29, 0.717) is 5.56 Å². The second kappa shape index (κ2) is 6.10. The molecule has 1 aliphatic heterocycles. The van der Waals surface area contributed by atoms with Gasteiger partial charge in [0.1, 0.15) is 11.5 Å². The van der Waals surface area contributed by atoms with Gasteiger partial charge in [-0.3, -0.25) is 4.79 Å². The molecule has 0 aromatic heterocycles. The number of benzene rings is 1. The normalized spacial score (nSPS) is 19.4. The maximum atomic E-state index is 14.0. The molecule has 0 saturated carbocycles. The zero-order chi connectivity index (χ0) is 15.6. The molecule has 0 aliphatic carbocycles. The lowest BCUT2D eigenvalue weighted by molar-refractivity contribution is -0.127. The summed E-state index contributed by atoms with van der Waals surface area (Å²) in [6.07, 6.45) is 1.95. The second-order valence-corrected chi connectivity index (χ2v) is 6.27. The van der Waals surface area contributed by atoms with Crippen LogP contribution in [0.1, 0.15) is 32.3 Å². The second-order valence-electron chi connectivity index (χ2n) is 6.27. The average molecular weight is 296 g/mol. The molecule has 1 aromatic carbocycles. The van der Waals surface area contributed by atoms with Crippen LogP contribution < -0.4 is 10.6 Å². The highest BCUT2D eigenvalue weighted by Crippen LogP contribution is 2.34. The summed E-state index contributed by atoms with van der Waals surface area (Å²) < 4.78 is 27.7. The standard InChI is InChI=1S/C16H22F2N2O/c1-10-6-7-12(17)14(13(10)18)20-15(21)16(2,3)11-5-4-8-19-9-11/h6-7,11,19H,4-5,8-9H2,1-3H3,(H,20,21). The molecule has 0 bridgehead atoms. The van der Waals surface area contributed by atoms with Crippen LogP contribution in [0.3, 0.4) is 0 Å². The van der Waals surface area contributed by atoms with Gasteiger partial charge in [-0.15, -0.1) is 0 Å². The number of rotatable bonds is 3. The zero-order valence-corrected chi connectivity index (χ0v) is 12.7. The predicted octanol–water partition coefficient (Wildman–Crippen LogP) is 3.24. The van der Waals surface area contributed by atoms with Crippen molar-refractivity contribution in [2.24, 2.45) is 11.3 Å². The fraction of sp³-hybridized carbons (Fsp3) is 0.562. The van der Waals surface area contributed by atoms with E-state index in [9.17, 15) is 13.6 Å². The van der Waals surface area contributed by atoms with Crippen molar-refractivity contribution in [3.8, 4) is 0 Å². The predicted molar refractivity (Wildman–Crippen MR) is 79.1 cm³/mol. The molecule has 1 fully saturated rings. The van der Waals surface area contributed by atoms with Gasteiger partial charge in [0.15, 0.2) is 5.82 Å². The van der Waals surface area contributed by atoms with E-state index in [0.717, 1.165) is 25.9 Å². The Hall–Kier alpha value is -1.49. The highest BCUT2D eigenvalue weighted by Gasteiger charge is 2.37. The van der Waals surface area contributed by atoms with Gasteiger partial charge in [0.25, 0.3) is 0 Å². The zero-order valence-electron chi connectivity index (χ0n) is 12.7. The van der Waals surface area contributed by atoms with Gasteiger partial charge in [-0.05, 0) is 50.4 Å². The van der Waals surface area contributed by atoms with E-state index in [4.69, 9.17) is 0 Å². The molecule has 0 spiro atoms. The first kappa shape index (κ1) is 15.9. The Morgan fingerprint density at radius 3 is 2.71 bits per heavy atom. The van der Waals surface area contributed by atoms with E-state index >= 15 is 0 Å². The molecule has 1 aromatic rings. The first-order valence-corrected chi connectivity index (χ1v) is 7.31. The van der Waals surface area contributed by atoms with E-state index in [1.165, 1.54) is 12.1 Å². The number of anilines is 1. The van der Waals surface area contributed by atoms with Crippen LogP contribution in [0, 0.1) is 29.9 Å². The van der Waals surface area contributed by atoms with Crippen molar-refractivity contribution >= 4 is 11.6 Å². The van der Waals surface area contributed by atoms with Gasteiger partial charge in [-0.2, -0.15) is 0 Å². The lowest BCUT2D eigenvalue weighted by atomic mass is 9.74. The van der Waals surface area contributed by atoms with Crippen molar-refractivity contribution in [3.05, 3.63) is 29.3 Å². The Labute approximate surface area is 124 Å². The Balaban J connectivity index is 2.19. The van der Waals surface area contributed by atoms with Crippen molar-refractivity contribution < 1.29 is 13.6 Å². The van der Waals surface area contributed by atoms with Crippen LogP contribution in [0.15, 0.2) is 12.1 Å². The number of halogens is 2. The Morgan fingerprint density at radius 1 is 1.38 bits per heavy atom. The van der Waals surface area contributed by atoms with Gasteiger partial charge in [0.2, 0.25) is 5.91 Å². The monoisotopic (exact) mass is 296 g/mol. The molecule has 1 amide bonds. The summed E-state index contributed by atoms with van der Waals surface area (Å²) in [5, 5.41) is 5.70. The first-order valence-electron chi connectivity index (χ1n) is 7.31. The average Bonchev–Trinajstić information content (AvgIpc) is 2.48. The number of piperidine rings is 1. The van der Waals surface area contributed by atoms with Gasteiger partial charge in [-0.1, -0.05) is 19.9 Å². The minimum absolute atomic E-state index is 0.155. The molecule has 2 rings (SSSR count). The molecule has 2 N–H and O–H groups in total. The van der Waals surface area contributed by atoms with Crippen LogP contribution in [-0.2, 0) is 4.79 Å². The molecule has 5 heteroatoms. The fourth-order valence-electron chi connectivity index (χ4n) is 2.70. The molecule has 1 aliphatic rings. The maximum absolute atomic E-state index is 14.0. The van der Waals surface area contributed by atoms with Gasteiger partial charge < -0.3 is 10.6 Å². The van der Waals surface area contributed by atoms with E-state index in [-0.39, 0.29) is 17.5 Å². The maximum Gasteiger partial charge on any atom is 0.230 e. The minimum atomic E-state index is -0.746. The van der Waals surface area contributed by atoms with Gasteiger partial charge in [0.05, 0.1) is 0 Å². The number of aryl methyl sites for hydroxylation is 1. The number of amides is 1. The van der Waals surface area contributed by atoms with E-state index < -0.39 is 17.0 Å². The summed E-state index contributed by atoms with van der Waals surface area (Å²) >= 11 is 0. The van der Waals surface area contributed by atoms with E-state index in [1.807, 2.05) is 13.8 Å². The lowest BCUT2D eigenvalue weighted by Crippen LogP contribution is -2.45. The molecule has 1 unspecified atom stereocenters. The summed E-state index contributed by atoms with van der Waals surface area (Å²) in [7, 11) is 0. The Bertz CT molecular complexity index is 537. The molecular weight excluding hydrogens is 274 g/mol. The molecule has 3 nitrogen and oxygen atoms in total. The summed E-state index contributed by atoms with van der Waals surface area (Å²) in [5.74, 6) is -1.65. The van der Waals surface area contributed by atoms with Crippen LogP contribution in [0.2, 0.25) is 0 Å². The van der Waals surface area contributed by atoms with E-state index in [2.05, 4.69) is 10.6 Å². The smallest absolute Gasteiger partial charge is 0.230 e. The quantitative estimate of drug-likeness (QED) is 0.899. The first-order chi connectivity index (χ1) is 9.84. The fourth-order valence-corrected chi connectivity index (χ4v) is 2.70. The number of hydrogen-bond acceptors (Lipinski definition) is 2. The van der Waals surface area contributed by atoms with Gasteiger partial charge in [-0.25, -0.2) is 8.78 Å². The molecule has 1 saturated heterocycles. The summed E-state index contributed by atoms with van der Waals surface area (Å²) in [6, 6.07) is 2.53. The highest BCUT2D eigenvalue weighted by atomic mass is 19.1. The lowest BCUT2D eigenvalue weighted by Gasteiger charge is -2.36. The van der Waals surface area contributed by atoms with Gasteiger partial charge >= 0.3 is 0 Å². The third-order valence-corrected chi connectivity index (χ3v) is 4.43. The van der Waals surface area contributed by atoms with Crippen molar-refractivity contribution in [1.82, 2.24) is 5.32 Å².